The highest BCUT2D eigenvalue weighted by Crippen LogP contribution is 2.25. The maximum absolute atomic E-state index is 12.6. The topological polar surface area (TPSA) is 114 Å². The Hall–Kier alpha value is -3.32. The number of hydrogen-bond acceptors (Lipinski definition) is 7. The molecule has 0 saturated heterocycles. The van der Waals surface area contributed by atoms with Gasteiger partial charge < -0.3 is 25.7 Å². The Kier molecular flexibility index (Phi) is 12.2. The Morgan fingerprint density at radius 2 is 1.53 bits per heavy atom. The summed E-state index contributed by atoms with van der Waals surface area (Å²) in [4.78, 5) is 24.6. The fourth-order valence-corrected chi connectivity index (χ4v) is 4.59. The number of esters is 2. The van der Waals surface area contributed by atoms with E-state index < -0.39 is 5.97 Å². The van der Waals surface area contributed by atoms with Crippen molar-refractivity contribution in [3.05, 3.63) is 65.2 Å². The first-order chi connectivity index (χ1) is 18.4. The van der Waals surface area contributed by atoms with Crippen molar-refractivity contribution < 1.29 is 23.8 Å². The van der Waals surface area contributed by atoms with Gasteiger partial charge in [0.1, 0.15) is 6.10 Å². The molecule has 0 bridgehead atoms. The molecule has 4 N–H and O–H groups in total. The molecular formula is C31H42N2O5. The highest BCUT2D eigenvalue weighted by Gasteiger charge is 2.24. The second-order valence-corrected chi connectivity index (χ2v) is 9.97. The van der Waals surface area contributed by atoms with Crippen molar-refractivity contribution in [1.82, 2.24) is 0 Å². The predicted molar refractivity (Wildman–Crippen MR) is 152 cm³/mol. The van der Waals surface area contributed by atoms with Crippen LogP contribution in [0.25, 0.3) is 6.08 Å². The lowest BCUT2D eigenvalue weighted by Crippen LogP contribution is -2.28. The van der Waals surface area contributed by atoms with E-state index >= 15 is 0 Å². The van der Waals surface area contributed by atoms with E-state index in [1.807, 2.05) is 12.1 Å². The summed E-state index contributed by atoms with van der Waals surface area (Å²) in [5, 5.41) is 0. The van der Waals surface area contributed by atoms with Gasteiger partial charge in [-0.15, -0.1) is 0 Å². The smallest absolute Gasteiger partial charge is 0.338 e. The molecule has 0 radical (unpaired) electrons. The summed E-state index contributed by atoms with van der Waals surface area (Å²) in [6.07, 6.45) is 13.5. The Bertz CT molecular complexity index is 1020. The first-order valence-electron chi connectivity index (χ1n) is 13.9. The van der Waals surface area contributed by atoms with Crippen molar-refractivity contribution in [3.63, 3.8) is 0 Å². The minimum atomic E-state index is -0.443. The molecule has 38 heavy (non-hydrogen) atoms. The molecule has 7 nitrogen and oxygen atoms in total. The van der Waals surface area contributed by atoms with Gasteiger partial charge in [0, 0.05) is 30.5 Å². The number of rotatable bonds is 14. The van der Waals surface area contributed by atoms with Gasteiger partial charge in [-0.25, -0.2) is 9.59 Å². The molecule has 3 rings (SSSR count). The Morgan fingerprint density at radius 1 is 0.868 bits per heavy atom. The molecule has 0 atom stereocenters. The van der Waals surface area contributed by atoms with Crippen molar-refractivity contribution in [2.45, 2.75) is 83.3 Å². The van der Waals surface area contributed by atoms with Crippen molar-refractivity contribution in [2.24, 2.45) is 0 Å². The lowest BCUT2D eigenvalue weighted by atomic mass is 9.95. The van der Waals surface area contributed by atoms with E-state index in [0.29, 0.717) is 23.4 Å². The molecule has 1 aliphatic rings. The summed E-state index contributed by atoms with van der Waals surface area (Å²) in [5.74, 6) is -0.760. The molecule has 0 spiro atoms. The molecule has 7 heteroatoms. The monoisotopic (exact) mass is 522 g/mol. The number of hydrogen-bond donors (Lipinski definition) is 2. The summed E-state index contributed by atoms with van der Waals surface area (Å²) in [6, 6.07) is 12.3. The molecule has 206 valence electrons. The van der Waals surface area contributed by atoms with Gasteiger partial charge >= 0.3 is 11.9 Å². The van der Waals surface area contributed by atoms with Crippen LogP contribution in [0.3, 0.4) is 0 Å². The second-order valence-electron chi connectivity index (χ2n) is 9.97. The number of anilines is 2. The van der Waals surface area contributed by atoms with Crippen LogP contribution in [-0.2, 0) is 25.4 Å². The number of nitrogens with two attached hydrogens (primary N) is 2. The van der Waals surface area contributed by atoms with Crippen molar-refractivity contribution in [1.29, 1.82) is 0 Å². The summed E-state index contributed by atoms with van der Waals surface area (Å²) in [6.45, 7) is 3.28. The molecule has 1 aliphatic carbocycles. The van der Waals surface area contributed by atoms with Crippen LogP contribution in [0.4, 0.5) is 11.4 Å². The van der Waals surface area contributed by atoms with Gasteiger partial charge in [0.2, 0.25) is 0 Å². The molecule has 0 unspecified atom stereocenters. The lowest BCUT2D eigenvalue weighted by Gasteiger charge is -2.28. The van der Waals surface area contributed by atoms with Gasteiger partial charge in [-0.2, -0.15) is 0 Å². The molecule has 0 amide bonds. The van der Waals surface area contributed by atoms with Gasteiger partial charge in [-0.1, -0.05) is 44.7 Å². The minimum absolute atomic E-state index is 0.0648. The van der Waals surface area contributed by atoms with Crippen LogP contribution in [0.2, 0.25) is 0 Å². The van der Waals surface area contributed by atoms with Gasteiger partial charge in [0.05, 0.1) is 18.3 Å². The highest BCUT2D eigenvalue weighted by molar-refractivity contribution is 5.90. The van der Waals surface area contributed by atoms with Crippen LogP contribution in [0.1, 0.15) is 86.2 Å². The summed E-state index contributed by atoms with van der Waals surface area (Å²) >= 11 is 0. The van der Waals surface area contributed by atoms with Crippen LogP contribution >= 0.6 is 0 Å². The van der Waals surface area contributed by atoms with E-state index in [1.54, 1.807) is 36.4 Å². The number of benzene rings is 2. The zero-order chi connectivity index (χ0) is 27.2. The second kappa shape index (κ2) is 15.8. The number of nitrogen functional groups attached to an aromatic ring is 2. The molecule has 0 heterocycles. The summed E-state index contributed by atoms with van der Waals surface area (Å²) in [7, 11) is 0. The zero-order valence-corrected chi connectivity index (χ0v) is 22.5. The van der Waals surface area contributed by atoms with Gasteiger partial charge in [-0.05, 0) is 79.6 Å². The fourth-order valence-electron chi connectivity index (χ4n) is 4.59. The zero-order valence-electron chi connectivity index (χ0n) is 22.5. The van der Waals surface area contributed by atoms with Crippen molar-refractivity contribution >= 4 is 29.4 Å². The van der Waals surface area contributed by atoms with Crippen LogP contribution in [0, 0.1) is 0 Å². The predicted octanol–water partition coefficient (Wildman–Crippen LogP) is 6.11. The third kappa shape index (κ3) is 10.6. The maximum Gasteiger partial charge on any atom is 0.338 e. The number of unbranched alkanes of at least 4 members (excludes halogenated alkanes) is 4. The van der Waals surface area contributed by atoms with E-state index in [4.69, 9.17) is 25.7 Å². The van der Waals surface area contributed by atoms with E-state index in [1.165, 1.54) is 31.8 Å². The van der Waals surface area contributed by atoms with E-state index in [-0.39, 0.29) is 24.8 Å². The third-order valence-corrected chi connectivity index (χ3v) is 6.73. The fraction of sp³-hybridized carbons (Fsp3) is 0.484. The molecule has 2 aromatic rings. The number of carbonyl (C=O) groups is 2. The molecule has 1 saturated carbocycles. The minimum Gasteiger partial charge on any atom is -0.462 e. The first kappa shape index (κ1) is 29.2. The van der Waals surface area contributed by atoms with Crippen LogP contribution in [0.15, 0.2) is 48.5 Å². The average Bonchev–Trinajstić information content (AvgIpc) is 2.90. The SMILES string of the molecule is CCCCCCCOC1CCC(OC(=O)c2ccc(C=CC(=O)OCCc3cc(N)cc(N)c3)cc2)CC1. The molecule has 1 fully saturated rings. The summed E-state index contributed by atoms with van der Waals surface area (Å²) < 4.78 is 17.0. The summed E-state index contributed by atoms with van der Waals surface area (Å²) in [5.41, 5.74) is 14.9. The lowest BCUT2D eigenvalue weighted by molar-refractivity contribution is -0.137. The van der Waals surface area contributed by atoms with Gasteiger partial charge in [-0.3, -0.25) is 0 Å². The van der Waals surface area contributed by atoms with Crippen LogP contribution in [0.5, 0.6) is 0 Å². The Labute approximate surface area is 226 Å². The van der Waals surface area contributed by atoms with Crippen LogP contribution < -0.4 is 11.5 Å². The standard InChI is InChI=1S/C31H42N2O5/c1-2-3-4-5-6-18-36-28-12-14-29(15-13-28)38-31(35)25-10-7-23(8-11-25)9-16-30(34)37-19-17-24-20-26(32)22-27(33)21-24/h7-11,16,20-22,28-29H,2-6,12-15,17-19,32-33H2,1H3. The normalized spacial score (nSPS) is 17.4. The average molecular weight is 523 g/mol. The largest absolute Gasteiger partial charge is 0.462 e. The quantitative estimate of drug-likeness (QED) is 0.133. The molecule has 2 aromatic carbocycles. The highest BCUT2D eigenvalue weighted by atomic mass is 16.5. The van der Waals surface area contributed by atoms with E-state index in [9.17, 15) is 9.59 Å². The van der Waals surface area contributed by atoms with Crippen molar-refractivity contribution in [2.75, 3.05) is 24.7 Å². The number of ether oxygens (including phenoxy) is 3. The maximum atomic E-state index is 12.6. The Morgan fingerprint density at radius 3 is 2.21 bits per heavy atom. The number of carbonyl (C=O) groups excluding carboxylic acids is 2. The molecular weight excluding hydrogens is 480 g/mol. The van der Waals surface area contributed by atoms with E-state index in [2.05, 4.69) is 6.92 Å². The third-order valence-electron chi connectivity index (χ3n) is 6.73. The molecule has 0 aliphatic heterocycles. The van der Waals surface area contributed by atoms with Crippen molar-refractivity contribution in [3.8, 4) is 0 Å². The molecule has 0 aromatic heterocycles. The van der Waals surface area contributed by atoms with Gasteiger partial charge in [0.25, 0.3) is 0 Å². The van der Waals surface area contributed by atoms with E-state index in [0.717, 1.165) is 49.8 Å². The van der Waals surface area contributed by atoms with Gasteiger partial charge in [0.15, 0.2) is 0 Å². The Balaban J connectivity index is 1.33. The first-order valence-corrected chi connectivity index (χ1v) is 13.9. The van der Waals surface area contributed by atoms with Crippen LogP contribution in [-0.4, -0.2) is 37.4 Å².